The Bertz CT molecular complexity index is 689. The van der Waals surface area contributed by atoms with Crippen molar-refractivity contribution in [2.24, 2.45) is 0 Å². The first-order valence-corrected chi connectivity index (χ1v) is 6.61. The molecule has 2 aromatic rings. The predicted octanol–water partition coefficient (Wildman–Crippen LogP) is 4.04. The molecule has 1 heterocycles. The molecule has 0 saturated heterocycles. The van der Waals surface area contributed by atoms with Gasteiger partial charge in [-0.2, -0.15) is 0 Å². The number of aromatic carboxylic acids is 1. The van der Waals surface area contributed by atoms with E-state index in [0.717, 1.165) is 5.56 Å². The molecular weight excluding hydrogens is 327 g/mol. The van der Waals surface area contributed by atoms with Gasteiger partial charge in [0.1, 0.15) is 11.6 Å². The third-order valence-electron chi connectivity index (χ3n) is 2.73. The van der Waals surface area contributed by atoms with Crippen molar-refractivity contribution in [2.75, 3.05) is 5.32 Å². The van der Waals surface area contributed by atoms with Crippen LogP contribution in [0, 0.1) is 19.7 Å². The maximum absolute atomic E-state index is 13.5. The van der Waals surface area contributed by atoms with E-state index in [1.165, 1.54) is 18.2 Å². The largest absolute Gasteiger partial charge is 0.478 e. The van der Waals surface area contributed by atoms with Crippen LogP contribution in [-0.4, -0.2) is 16.1 Å². The summed E-state index contributed by atoms with van der Waals surface area (Å²) >= 11 is 3.11. The lowest BCUT2D eigenvalue weighted by atomic mass is 10.2. The van der Waals surface area contributed by atoms with Gasteiger partial charge < -0.3 is 10.4 Å². The van der Waals surface area contributed by atoms with Crippen LogP contribution in [0.25, 0.3) is 0 Å². The number of aromatic nitrogens is 1. The van der Waals surface area contributed by atoms with Gasteiger partial charge in [0.25, 0.3) is 0 Å². The van der Waals surface area contributed by atoms with Gasteiger partial charge in [-0.05, 0) is 59.6 Å². The highest BCUT2D eigenvalue weighted by Gasteiger charge is 2.09. The van der Waals surface area contributed by atoms with E-state index in [4.69, 9.17) is 5.11 Å². The summed E-state index contributed by atoms with van der Waals surface area (Å²) in [7, 11) is 0. The fourth-order valence-corrected chi connectivity index (χ4v) is 2.23. The molecule has 0 unspecified atom stereocenters. The first-order chi connectivity index (χ1) is 9.36. The Morgan fingerprint density at radius 3 is 2.65 bits per heavy atom. The van der Waals surface area contributed by atoms with Gasteiger partial charge in [-0.15, -0.1) is 0 Å². The quantitative estimate of drug-likeness (QED) is 0.886. The topological polar surface area (TPSA) is 62.2 Å². The molecule has 0 saturated carbocycles. The summed E-state index contributed by atoms with van der Waals surface area (Å²) in [5, 5.41) is 12.0. The predicted molar refractivity (Wildman–Crippen MR) is 78.1 cm³/mol. The van der Waals surface area contributed by atoms with Gasteiger partial charge in [-0.1, -0.05) is 0 Å². The molecule has 4 nitrogen and oxygen atoms in total. The van der Waals surface area contributed by atoms with Crippen LogP contribution in [0.3, 0.4) is 0 Å². The number of nitrogens with one attached hydrogen (secondary N) is 1. The summed E-state index contributed by atoms with van der Waals surface area (Å²) in [6, 6.07) is 5.87. The van der Waals surface area contributed by atoms with Crippen LogP contribution in [0.15, 0.2) is 28.7 Å². The zero-order valence-corrected chi connectivity index (χ0v) is 12.5. The average Bonchev–Trinajstić information content (AvgIpc) is 2.35. The molecule has 0 spiro atoms. The molecule has 1 aromatic heterocycles. The number of anilines is 2. The van der Waals surface area contributed by atoms with Crippen molar-refractivity contribution in [3.05, 3.63) is 51.4 Å². The van der Waals surface area contributed by atoms with Gasteiger partial charge in [0.15, 0.2) is 0 Å². The molecule has 1 aromatic carbocycles. The van der Waals surface area contributed by atoms with Crippen LogP contribution in [0.5, 0.6) is 0 Å². The first kappa shape index (κ1) is 14.5. The second-order valence-corrected chi connectivity index (χ2v) is 5.25. The number of pyridine rings is 1. The van der Waals surface area contributed by atoms with Crippen LogP contribution < -0.4 is 5.32 Å². The van der Waals surface area contributed by atoms with Crippen molar-refractivity contribution in [2.45, 2.75) is 13.8 Å². The molecule has 104 valence electrons. The number of halogens is 2. The standard InChI is InChI=1S/C14H12BrFN2O2/c1-7-3-10(15)11(16)6-12(7)18-13-5-9(14(19)20)4-8(2)17-13/h3-6H,1-2H3,(H,17,18)(H,19,20). The van der Waals surface area contributed by atoms with Crippen LogP contribution in [0.2, 0.25) is 0 Å². The number of carbonyl (C=O) groups is 1. The highest BCUT2D eigenvalue weighted by atomic mass is 79.9. The van der Waals surface area contributed by atoms with Gasteiger partial charge in [0.05, 0.1) is 10.0 Å². The van der Waals surface area contributed by atoms with E-state index in [9.17, 15) is 9.18 Å². The average molecular weight is 339 g/mol. The molecule has 0 bridgehead atoms. The summed E-state index contributed by atoms with van der Waals surface area (Å²) in [6.45, 7) is 3.52. The summed E-state index contributed by atoms with van der Waals surface area (Å²) in [4.78, 5) is 15.2. The van der Waals surface area contributed by atoms with Crippen molar-refractivity contribution < 1.29 is 14.3 Å². The molecule has 0 radical (unpaired) electrons. The number of carboxylic acid groups (broad SMARTS) is 1. The van der Waals surface area contributed by atoms with Gasteiger partial charge in [-0.25, -0.2) is 14.2 Å². The van der Waals surface area contributed by atoms with E-state index in [2.05, 4.69) is 26.2 Å². The van der Waals surface area contributed by atoms with E-state index in [-0.39, 0.29) is 5.56 Å². The van der Waals surface area contributed by atoms with E-state index >= 15 is 0 Å². The third-order valence-corrected chi connectivity index (χ3v) is 3.34. The molecule has 0 aliphatic carbocycles. The van der Waals surface area contributed by atoms with Crippen LogP contribution in [0.4, 0.5) is 15.9 Å². The number of nitrogens with zero attached hydrogens (tertiary/aromatic N) is 1. The number of rotatable bonds is 3. The molecule has 0 fully saturated rings. The second-order valence-electron chi connectivity index (χ2n) is 4.39. The minimum absolute atomic E-state index is 0.134. The molecule has 6 heteroatoms. The summed E-state index contributed by atoms with van der Waals surface area (Å²) in [5.41, 5.74) is 2.07. The van der Waals surface area contributed by atoms with E-state index in [1.54, 1.807) is 13.0 Å². The second kappa shape index (κ2) is 5.58. The Morgan fingerprint density at radius 1 is 1.30 bits per heavy atom. The molecule has 0 aliphatic rings. The molecule has 20 heavy (non-hydrogen) atoms. The summed E-state index contributed by atoms with van der Waals surface area (Å²) < 4.78 is 13.9. The van der Waals surface area contributed by atoms with Crippen molar-refractivity contribution in [3.8, 4) is 0 Å². The van der Waals surface area contributed by atoms with Gasteiger partial charge in [0, 0.05) is 11.4 Å². The zero-order valence-electron chi connectivity index (χ0n) is 10.9. The zero-order chi connectivity index (χ0) is 14.9. The molecule has 0 atom stereocenters. The summed E-state index contributed by atoms with van der Waals surface area (Å²) in [5.74, 6) is -1.06. The number of hydrogen-bond donors (Lipinski definition) is 2. The van der Waals surface area contributed by atoms with Crippen molar-refractivity contribution in [1.82, 2.24) is 4.98 Å². The number of benzene rings is 1. The monoisotopic (exact) mass is 338 g/mol. The summed E-state index contributed by atoms with van der Waals surface area (Å²) in [6.07, 6.45) is 0. The lowest BCUT2D eigenvalue weighted by Crippen LogP contribution is -2.03. The van der Waals surface area contributed by atoms with Crippen molar-refractivity contribution in [1.29, 1.82) is 0 Å². The fraction of sp³-hybridized carbons (Fsp3) is 0.143. The number of hydrogen-bond acceptors (Lipinski definition) is 3. The van der Waals surface area contributed by atoms with E-state index in [1.807, 2.05) is 6.92 Å². The maximum atomic E-state index is 13.5. The lowest BCUT2D eigenvalue weighted by Gasteiger charge is -2.11. The molecule has 2 N–H and O–H groups in total. The van der Waals surface area contributed by atoms with Crippen LogP contribution in [-0.2, 0) is 0 Å². The Balaban J connectivity index is 2.40. The van der Waals surface area contributed by atoms with Gasteiger partial charge in [-0.3, -0.25) is 0 Å². The third kappa shape index (κ3) is 3.14. The van der Waals surface area contributed by atoms with Crippen molar-refractivity contribution >= 4 is 33.4 Å². The lowest BCUT2D eigenvalue weighted by molar-refractivity contribution is 0.0696. The highest BCUT2D eigenvalue weighted by molar-refractivity contribution is 9.10. The minimum atomic E-state index is -1.03. The Kier molecular flexibility index (Phi) is 4.04. The number of aryl methyl sites for hydroxylation is 2. The Hall–Kier alpha value is -1.95. The van der Waals surface area contributed by atoms with Crippen LogP contribution >= 0.6 is 15.9 Å². The molecular formula is C14H12BrFN2O2. The van der Waals surface area contributed by atoms with Gasteiger partial charge in [0.2, 0.25) is 0 Å². The highest BCUT2D eigenvalue weighted by Crippen LogP contribution is 2.26. The van der Waals surface area contributed by atoms with Crippen LogP contribution in [0.1, 0.15) is 21.6 Å². The Labute approximate surface area is 123 Å². The fourth-order valence-electron chi connectivity index (χ4n) is 1.77. The van der Waals surface area contributed by atoms with E-state index in [0.29, 0.717) is 21.7 Å². The van der Waals surface area contributed by atoms with Crippen molar-refractivity contribution in [3.63, 3.8) is 0 Å². The number of carboxylic acids is 1. The normalized spacial score (nSPS) is 10.4. The Morgan fingerprint density at radius 2 is 2.00 bits per heavy atom. The van der Waals surface area contributed by atoms with Gasteiger partial charge >= 0.3 is 5.97 Å². The molecule has 0 amide bonds. The molecule has 0 aliphatic heterocycles. The maximum Gasteiger partial charge on any atom is 0.335 e. The smallest absolute Gasteiger partial charge is 0.335 e. The minimum Gasteiger partial charge on any atom is -0.478 e. The SMILES string of the molecule is Cc1cc(C(=O)O)cc(Nc2cc(F)c(Br)cc2C)n1. The van der Waals surface area contributed by atoms with E-state index < -0.39 is 11.8 Å². The molecule has 2 rings (SSSR count). The first-order valence-electron chi connectivity index (χ1n) is 5.81.